The number of fused-ring (bicyclic) bond motifs is 1. The van der Waals surface area contributed by atoms with Crippen molar-refractivity contribution in [3.05, 3.63) is 77.9 Å². The molecule has 1 aliphatic heterocycles. The van der Waals surface area contributed by atoms with Crippen LogP contribution < -0.4 is 15.5 Å². The number of hydrogen-bond acceptors (Lipinski definition) is 5. The van der Waals surface area contributed by atoms with Crippen molar-refractivity contribution in [1.29, 1.82) is 0 Å². The third-order valence-corrected chi connectivity index (χ3v) is 6.28. The summed E-state index contributed by atoms with van der Waals surface area (Å²) in [6.45, 7) is 6.97. The van der Waals surface area contributed by atoms with Gasteiger partial charge < -0.3 is 20.6 Å². The van der Waals surface area contributed by atoms with Crippen LogP contribution in [0.25, 0.3) is 11.1 Å². The van der Waals surface area contributed by atoms with Crippen LogP contribution in [0.3, 0.4) is 0 Å². The molecule has 1 amide bonds. The first-order valence-corrected chi connectivity index (χ1v) is 11.6. The van der Waals surface area contributed by atoms with Crippen molar-refractivity contribution < 1.29 is 14.7 Å². The normalized spacial score (nSPS) is 18.1. The van der Waals surface area contributed by atoms with Gasteiger partial charge >= 0.3 is 0 Å². The molecule has 3 atom stereocenters. The van der Waals surface area contributed by atoms with Gasteiger partial charge in [-0.25, -0.2) is 0 Å². The molecule has 1 unspecified atom stereocenters. The molecule has 1 heterocycles. The van der Waals surface area contributed by atoms with Gasteiger partial charge in [0.15, 0.2) is 5.78 Å². The molecular weight excluding hydrogens is 426 g/mol. The molecule has 0 spiro atoms. The first-order valence-electron chi connectivity index (χ1n) is 11.6. The Morgan fingerprint density at radius 1 is 0.971 bits per heavy atom. The van der Waals surface area contributed by atoms with Crippen LogP contribution >= 0.6 is 0 Å². The Bertz CT molecular complexity index is 1200. The summed E-state index contributed by atoms with van der Waals surface area (Å²) in [6, 6.07) is 21.8. The zero-order valence-electron chi connectivity index (χ0n) is 20.0. The van der Waals surface area contributed by atoms with E-state index in [1.54, 1.807) is 13.8 Å². The molecule has 0 radical (unpaired) electrons. The molecule has 3 aromatic rings. The van der Waals surface area contributed by atoms with Crippen LogP contribution in [0.1, 0.15) is 56.1 Å². The van der Waals surface area contributed by atoms with E-state index in [0.717, 1.165) is 40.2 Å². The molecule has 176 valence electrons. The number of hydrogen-bond donors (Lipinski definition) is 3. The molecule has 0 fully saturated rings. The van der Waals surface area contributed by atoms with Crippen molar-refractivity contribution in [1.82, 2.24) is 0 Å². The summed E-state index contributed by atoms with van der Waals surface area (Å²) in [4.78, 5) is 25.2. The highest BCUT2D eigenvalue weighted by molar-refractivity contribution is 5.94. The van der Waals surface area contributed by atoms with Gasteiger partial charge in [-0.3, -0.25) is 9.59 Å². The zero-order chi connectivity index (χ0) is 24.4. The third-order valence-electron chi connectivity index (χ3n) is 6.28. The van der Waals surface area contributed by atoms with E-state index in [1.165, 1.54) is 6.92 Å². The fourth-order valence-corrected chi connectivity index (χ4v) is 4.76. The van der Waals surface area contributed by atoms with E-state index in [9.17, 15) is 14.7 Å². The number of carbonyl (C=O) groups is 2. The summed E-state index contributed by atoms with van der Waals surface area (Å²) < 4.78 is 0. The molecule has 0 aliphatic carbocycles. The van der Waals surface area contributed by atoms with E-state index < -0.39 is 6.23 Å². The molecule has 3 N–H and O–H groups in total. The van der Waals surface area contributed by atoms with Crippen LogP contribution in [0.15, 0.2) is 66.7 Å². The van der Waals surface area contributed by atoms with Gasteiger partial charge in [-0.15, -0.1) is 0 Å². The van der Waals surface area contributed by atoms with Gasteiger partial charge in [-0.05, 0) is 92.4 Å². The summed E-state index contributed by atoms with van der Waals surface area (Å²) >= 11 is 0. The van der Waals surface area contributed by atoms with E-state index in [4.69, 9.17) is 0 Å². The lowest BCUT2D eigenvalue weighted by Crippen LogP contribution is -2.45. The smallest absolute Gasteiger partial charge is 0.221 e. The maximum atomic E-state index is 11.6. The lowest BCUT2D eigenvalue weighted by Gasteiger charge is -2.43. The Balaban J connectivity index is 1.72. The summed E-state index contributed by atoms with van der Waals surface area (Å²) in [7, 11) is 0. The van der Waals surface area contributed by atoms with Crippen molar-refractivity contribution in [2.24, 2.45) is 0 Å². The van der Waals surface area contributed by atoms with Crippen LogP contribution in [-0.4, -0.2) is 29.1 Å². The van der Waals surface area contributed by atoms with Gasteiger partial charge in [0.1, 0.15) is 6.23 Å². The number of anilines is 3. The fraction of sp³-hybridized carbons (Fsp3) is 0.286. The number of aliphatic hydroxyl groups is 1. The molecule has 0 bridgehead atoms. The Kier molecular flexibility index (Phi) is 6.70. The van der Waals surface area contributed by atoms with Gasteiger partial charge in [0.25, 0.3) is 0 Å². The molecule has 0 saturated carbocycles. The highest BCUT2D eigenvalue weighted by Gasteiger charge is 2.32. The topological polar surface area (TPSA) is 81.7 Å². The van der Waals surface area contributed by atoms with Gasteiger partial charge in [-0.1, -0.05) is 18.2 Å². The highest BCUT2D eigenvalue weighted by Crippen LogP contribution is 2.42. The van der Waals surface area contributed by atoms with Gasteiger partial charge in [-0.2, -0.15) is 0 Å². The molecule has 0 saturated heterocycles. The van der Waals surface area contributed by atoms with Gasteiger partial charge in [0.2, 0.25) is 5.91 Å². The lowest BCUT2D eigenvalue weighted by molar-refractivity contribution is -0.114. The second-order valence-electron chi connectivity index (χ2n) is 8.99. The standard InChI is InChI=1S/C28H31N3O3/c1-17-14-27(30-24-11-8-21(9-12-24)18(2)32)26-16-23(10-13-28(26)31(17)20(4)34)22-6-5-7-25(15-22)29-19(3)33/h5-13,15-17,20,27,30,34H,14H2,1-4H3,(H,29,33)/t17-,20?,27+/m0/s1. The first-order chi connectivity index (χ1) is 16.2. The average Bonchev–Trinajstić information content (AvgIpc) is 2.78. The molecule has 6 heteroatoms. The summed E-state index contributed by atoms with van der Waals surface area (Å²) in [5.41, 5.74) is 6.50. The third kappa shape index (κ3) is 4.97. The number of ketones is 1. The second kappa shape index (κ2) is 9.69. The Hall–Kier alpha value is -3.64. The number of nitrogens with one attached hydrogen (secondary N) is 2. The molecule has 3 aromatic carbocycles. The predicted molar refractivity (Wildman–Crippen MR) is 137 cm³/mol. The minimum Gasteiger partial charge on any atom is -0.378 e. The van der Waals surface area contributed by atoms with Gasteiger partial charge in [0, 0.05) is 35.6 Å². The lowest BCUT2D eigenvalue weighted by atomic mass is 9.88. The van der Waals surface area contributed by atoms with E-state index >= 15 is 0 Å². The number of aliphatic hydroxyl groups excluding tert-OH is 1. The Morgan fingerprint density at radius 3 is 2.32 bits per heavy atom. The minimum atomic E-state index is -0.613. The summed E-state index contributed by atoms with van der Waals surface area (Å²) in [5, 5.41) is 17.0. The average molecular weight is 458 g/mol. The molecule has 4 rings (SSSR count). The van der Waals surface area contributed by atoms with Crippen molar-refractivity contribution in [2.75, 3.05) is 15.5 Å². The van der Waals surface area contributed by atoms with Crippen LogP contribution in [0.4, 0.5) is 17.1 Å². The van der Waals surface area contributed by atoms with Crippen molar-refractivity contribution in [3.63, 3.8) is 0 Å². The predicted octanol–water partition coefficient (Wildman–Crippen LogP) is 5.60. The largest absolute Gasteiger partial charge is 0.378 e. The van der Waals surface area contributed by atoms with Crippen molar-refractivity contribution in [2.45, 2.75) is 52.4 Å². The number of carbonyl (C=O) groups excluding carboxylic acids is 2. The van der Waals surface area contributed by atoms with Gasteiger partial charge in [0.05, 0.1) is 6.04 Å². The number of benzene rings is 3. The zero-order valence-corrected chi connectivity index (χ0v) is 20.0. The Morgan fingerprint density at radius 2 is 1.68 bits per heavy atom. The monoisotopic (exact) mass is 457 g/mol. The molecule has 1 aliphatic rings. The van der Waals surface area contributed by atoms with Crippen molar-refractivity contribution >= 4 is 28.8 Å². The number of rotatable bonds is 6. The molecular formula is C28H31N3O3. The number of nitrogens with zero attached hydrogens (tertiary/aromatic N) is 1. The fourth-order valence-electron chi connectivity index (χ4n) is 4.76. The van der Waals surface area contributed by atoms with E-state index in [-0.39, 0.29) is 23.8 Å². The first kappa shape index (κ1) is 23.5. The quantitative estimate of drug-likeness (QED) is 0.420. The maximum Gasteiger partial charge on any atom is 0.221 e. The molecule has 6 nitrogen and oxygen atoms in total. The van der Waals surface area contributed by atoms with Crippen LogP contribution in [0.2, 0.25) is 0 Å². The summed E-state index contributed by atoms with van der Waals surface area (Å²) in [5.74, 6) is -0.0638. The molecule has 0 aromatic heterocycles. The van der Waals surface area contributed by atoms with Crippen LogP contribution in [0.5, 0.6) is 0 Å². The maximum absolute atomic E-state index is 11.6. The minimum absolute atomic E-state index is 0.0293. The number of amides is 1. The summed E-state index contributed by atoms with van der Waals surface area (Å²) in [6.07, 6.45) is 0.195. The van der Waals surface area contributed by atoms with Crippen molar-refractivity contribution in [3.8, 4) is 11.1 Å². The number of Topliss-reactive ketones (excluding diaryl/α,β-unsaturated/α-hetero) is 1. The second-order valence-corrected chi connectivity index (χ2v) is 8.99. The van der Waals surface area contributed by atoms with Crippen LogP contribution in [0, 0.1) is 0 Å². The van der Waals surface area contributed by atoms with Crippen LogP contribution in [-0.2, 0) is 4.79 Å². The SMILES string of the molecule is CC(=O)Nc1cccc(-c2ccc3c(c2)[C@H](Nc2ccc(C(C)=O)cc2)C[C@H](C)N3C(C)O)c1. The van der Waals surface area contributed by atoms with E-state index in [2.05, 4.69) is 35.8 Å². The Labute approximate surface area is 200 Å². The molecule has 34 heavy (non-hydrogen) atoms. The van der Waals surface area contributed by atoms with E-state index in [0.29, 0.717) is 5.56 Å². The highest BCUT2D eigenvalue weighted by atomic mass is 16.3. The van der Waals surface area contributed by atoms with E-state index in [1.807, 2.05) is 53.4 Å².